The topological polar surface area (TPSA) is 43.8 Å². The summed E-state index contributed by atoms with van der Waals surface area (Å²) in [4.78, 5) is 16.0. The van der Waals surface area contributed by atoms with Crippen molar-refractivity contribution in [1.82, 2.24) is 9.80 Å². The number of carbonyl (C=O) groups excluding carboxylic acids is 1. The van der Waals surface area contributed by atoms with Gasteiger partial charge in [-0.05, 0) is 32.2 Å². The summed E-state index contributed by atoms with van der Waals surface area (Å²) in [6.45, 7) is 4.21. The molecule has 0 saturated carbocycles. The van der Waals surface area contributed by atoms with Gasteiger partial charge >= 0.3 is 0 Å². The van der Waals surface area contributed by atoms with Crippen molar-refractivity contribution in [2.75, 3.05) is 32.8 Å². The van der Waals surface area contributed by atoms with E-state index in [9.17, 15) is 4.79 Å². The van der Waals surface area contributed by atoms with Crippen LogP contribution in [0.5, 0.6) is 0 Å². The van der Waals surface area contributed by atoms with Crippen molar-refractivity contribution >= 4 is 5.91 Å². The summed E-state index contributed by atoms with van der Waals surface area (Å²) in [5, 5.41) is 9.07. The lowest BCUT2D eigenvalue weighted by atomic mass is 10.00. The molecular formula is C13H24N2O2. The van der Waals surface area contributed by atoms with Gasteiger partial charge in [-0.15, -0.1) is 0 Å². The number of aliphatic hydroxyl groups excluding tert-OH is 1. The van der Waals surface area contributed by atoms with E-state index in [1.54, 1.807) is 0 Å². The molecule has 0 aromatic rings. The summed E-state index contributed by atoms with van der Waals surface area (Å²) in [5.74, 6) is 0.320. The van der Waals surface area contributed by atoms with Crippen molar-refractivity contribution in [2.45, 2.75) is 44.6 Å². The molecule has 2 saturated heterocycles. The van der Waals surface area contributed by atoms with Gasteiger partial charge in [-0.3, -0.25) is 9.69 Å². The standard InChI is InChI=1S/C13H24N2O2/c16-11-6-12-4-1-2-7-14(12)9-10-15-8-3-5-13(15)17/h12,16H,1-11H2. The van der Waals surface area contributed by atoms with E-state index in [4.69, 9.17) is 5.11 Å². The second-order valence-electron chi connectivity index (χ2n) is 5.18. The summed E-state index contributed by atoms with van der Waals surface area (Å²) in [5.41, 5.74) is 0. The van der Waals surface area contributed by atoms with Crippen molar-refractivity contribution in [3.8, 4) is 0 Å². The predicted molar refractivity (Wildman–Crippen MR) is 66.7 cm³/mol. The van der Waals surface area contributed by atoms with E-state index < -0.39 is 0 Å². The molecule has 1 atom stereocenters. The molecule has 0 aromatic carbocycles. The molecule has 0 aromatic heterocycles. The molecule has 1 N–H and O–H groups in total. The molecule has 98 valence electrons. The van der Waals surface area contributed by atoms with Gasteiger partial charge in [0.2, 0.25) is 5.91 Å². The van der Waals surface area contributed by atoms with Crippen LogP contribution in [0.15, 0.2) is 0 Å². The third kappa shape index (κ3) is 3.42. The molecule has 1 amide bonds. The fraction of sp³-hybridized carbons (Fsp3) is 0.923. The summed E-state index contributed by atoms with van der Waals surface area (Å²) in [7, 11) is 0. The second-order valence-corrected chi connectivity index (χ2v) is 5.18. The normalized spacial score (nSPS) is 26.8. The van der Waals surface area contributed by atoms with Gasteiger partial charge in [-0.1, -0.05) is 6.42 Å². The molecule has 2 rings (SSSR count). The van der Waals surface area contributed by atoms with E-state index in [0.29, 0.717) is 11.9 Å². The van der Waals surface area contributed by atoms with Crippen LogP contribution >= 0.6 is 0 Å². The van der Waals surface area contributed by atoms with Crippen molar-refractivity contribution in [1.29, 1.82) is 0 Å². The van der Waals surface area contributed by atoms with Crippen LogP contribution in [0.2, 0.25) is 0 Å². The van der Waals surface area contributed by atoms with Crippen LogP contribution in [-0.4, -0.2) is 59.6 Å². The molecule has 2 fully saturated rings. The highest BCUT2D eigenvalue weighted by Gasteiger charge is 2.24. The van der Waals surface area contributed by atoms with E-state index in [1.807, 2.05) is 4.90 Å². The van der Waals surface area contributed by atoms with Crippen LogP contribution in [0.25, 0.3) is 0 Å². The van der Waals surface area contributed by atoms with E-state index in [-0.39, 0.29) is 6.61 Å². The summed E-state index contributed by atoms with van der Waals surface area (Å²) in [6.07, 6.45) is 6.39. The number of aliphatic hydroxyl groups is 1. The first-order valence-electron chi connectivity index (χ1n) is 6.94. The Balaban J connectivity index is 1.77. The number of hydrogen-bond donors (Lipinski definition) is 1. The van der Waals surface area contributed by atoms with Crippen molar-refractivity contribution in [2.24, 2.45) is 0 Å². The van der Waals surface area contributed by atoms with E-state index >= 15 is 0 Å². The molecule has 0 aliphatic carbocycles. The lowest BCUT2D eigenvalue weighted by Crippen LogP contribution is -2.44. The van der Waals surface area contributed by atoms with E-state index in [0.717, 1.165) is 45.4 Å². The Bertz CT molecular complexity index is 256. The third-order valence-electron chi connectivity index (χ3n) is 4.04. The maximum absolute atomic E-state index is 11.5. The first-order chi connectivity index (χ1) is 8.31. The molecule has 0 radical (unpaired) electrons. The van der Waals surface area contributed by atoms with E-state index in [2.05, 4.69) is 4.90 Å². The highest BCUT2D eigenvalue weighted by Crippen LogP contribution is 2.19. The largest absolute Gasteiger partial charge is 0.396 e. The maximum Gasteiger partial charge on any atom is 0.222 e. The summed E-state index contributed by atoms with van der Waals surface area (Å²) >= 11 is 0. The fourth-order valence-corrected chi connectivity index (χ4v) is 3.02. The molecular weight excluding hydrogens is 216 g/mol. The highest BCUT2D eigenvalue weighted by molar-refractivity contribution is 5.78. The monoisotopic (exact) mass is 240 g/mol. The molecule has 4 nitrogen and oxygen atoms in total. The fourth-order valence-electron chi connectivity index (χ4n) is 3.02. The first kappa shape index (κ1) is 12.8. The molecule has 1 unspecified atom stereocenters. The van der Waals surface area contributed by atoms with Crippen molar-refractivity contribution < 1.29 is 9.90 Å². The number of nitrogens with zero attached hydrogens (tertiary/aromatic N) is 2. The Morgan fingerprint density at radius 3 is 2.76 bits per heavy atom. The van der Waals surface area contributed by atoms with Crippen LogP contribution in [0.1, 0.15) is 38.5 Å². The highest BCUT2D eigenvalue weighted by atomic mass is 16.3. The quantitative estimate of drug-likeness (QED) is 0.774. The zero-order valence-corrected chi connectivity index (χ0v) is 10.6. The van der Waals surface area contributed by atoms with Crippen LogP contribution in [0.3, 0.4) is 0 Å². The van der Waals surface area contributed by atoms with Gasteiger partial charge in [0.1, 0.15) is 0 Å². The minimum absolute atomic E-state index is 0.282. The number of carbonyl (C=O) groups is 1. The Morgan fingerprint density at radius 1 is 1.18 bits per heavy atom. The number of rotatable bonds is 5. The Kier molecular flexibility index (Phi) is 4.80. The van der Waals surface area contributed by atoms with Crippen molar-refractivity contribution in [3.05, 3.63) is 0 Å². The molecule has 0 spiro atoms. The molecule has 4 heteroatoms. The van der Waals surface area contributed by atoms with Crippen molar-refractivity contribution in [3.63, 3.8) is 0 Å². The first-order valence-corrected chi connectivity index (χ1v) is 6.94. The molecule has 2 aliphatic heterocycles. The predicted octanol–water partition coefficient (Wildman–Crippen LogP) is 0.846. The SMILES string of the molecule is O=C1CCCN1CCN1CCCCC1CCO. The number of likely N-dealkylation sites (tertiary alicyclic amines) is 2. The third-order valence-corrected chi connectivity index (χ3v) is 4.04. The average Bonchev–Trinajstić information content (AvgIpc) is 2.74. The molecule has 2 aliphatic rings. The van der Waals surface area contributed by atoms with Crippen LogP contribution in [0, 0.1) is 0 Å². The van der Waals surface area contributed by atoms with E-state index in [1.165, 1.54) is 19.3 Å². The number of hydrogen-bond acceptors (Lipinski definition) is 3. The Morgan fingerprint density at radius 2 is 2.06 bits per heavy atom. The van der Waals surface area contributed by atoms with Gasteiger partial charge in [0.25, 0.3) is 0 Å². The van der Waals surface area contributed by atoms with Crippen LogP contribution in [0.4, 0.5) is 0 Å². The molecule has 0 bridgehead atoms. The molecule has 2 heterocycles. The summed E-state index contributed by atoms with van der Waals surface area (Å²) in [6, 6.07) is 0.534. The average molecular weight is 240 g/mol. The minimum Gasteiger partial charge on any atom is -0.396 e. The number of piperidine rings is 1. The van der Waals surface area contributed by atoms with Gasteiger partial charge in [0.15, 0.2) is 0 Å². The maximum atomic E-state index is 11.5. The van der Waals surface area contributed by atoms with Gasteiger partial charge < -0.3 is 10.0 Å². The van der Waals surface area contributed by atoms with Crippen LogP contribution in [-0.2, 0) is 4.79 Å². The lowest BCUT2D eigenvalue weighted by Gasteiger charge is -2.36. The van der Waals surface area contributed by atoms with Gasteiger partial charge in [0.05, 0.1) is 0 Å². The van der Waals surface area contributed by atoms with Gasteiger partial charge in [0, 0.05) is 38.7 Å². The molecule has 17 heavy (non-hydrogen) atoms. The van der Waals surface area contributed by atoms with Gasteiger partial charge in [-0.2, -0.15) is 0 Å². The number of amides is 1. The lowest BCUT2D eigenvalue weighted by molar-refractivity contribution is -0.128. The minimum atomic E-state index is 0.282. The second kappa shape index (κ2) is 6.36. The Hall–Kier alpha value is -0.610. The van der Waals surface area contributed by atoms with Crippen LogP contribution < -0.4 is 0 Å². The zero-order chi connectivity index (χ0) is 12.1. The Labute approximate surface area is 104 Å². The van der Waals surface area contributed by atoms with Gasteiger partial charge in [-0.25, -0.2) is 0 Å². The smallest absolute Gasteiger partial charge is 0.222 e. The summed E-state index contributed by atoms with van der Waals surface area (Å²) < 4.78 is 0. The zero-order valence-electron chi connectivity index (χ0n) is 10.6.